The summed E-state index contributed by atoms with van der Waals surface area (Å²) in [7, 11) is 0. The van der Waals surface area contributed by atoms with Gasteiger partial charge in [0.15, 0.2) is 0 Å². The zero-order chi connectivity index (χ0) is 10.3. The molecule has 0 atom stereocenters. The Bertz CT molecular complexity index is 478. The van der Waals surface area contributed by atoms with Crippen molar-refractivity contribution in [1.29, 1.82) is 0 Å². The molecule has 1 heterocycles. The molecule has 0 aliphatic carbocycles. The monoisotopic (exact) mass is 254 g/mol. The standard InChI is InChI=1S/C9H7BF3S.K/c1-6-5-14-9-3-2-7(4-8(6)9)10(11,12)13;/h2-5H,1H3;/q-1;+1. The van der Waals surface area contributed by atoms with Crippen LogP contribution in [0.3, 0.4) is 0 Å². The van der Waals surface area contributed by atoms with E-state index in [-0.39, 0.29) is 51.4 Å². The minimum Gasteiger partial charge on any atom is -0.445 e. The second-order valence-corrected chi connectivity index (χ2v) is 4.16. The van der Waals surface area contributed by atoms with Gasteiger partial charge in [-0.1, -0.05) is 12.1 Å². The summed E-state index contributed by atoms with van der Waals surface area (Å²) >= 11 is 1.47. The second kappa shape index (κ2) is 4.89. The van der Waals surface area contributed by atoms with Crippen LogP contribution in [0, 0.1) is 6.92 Å². The molecule has 2 rings (SSSR count). The van der Waals surface area contributed by atoms with Crippen molar-refractivity contribution in [3.05, 3.63) is 29.1 Å². The molecule has 0 amide bonds. The zero-order valence-electron chi connectivity index (χ0n) is 8.43. The van der Waals surface area contributed by atoms with Crippen LogP contribution in [0.1, 0.15) is 5.56 Å². The van der Waals surface area contributed by atoms with Gasteiger partial charge < -0.3 is 12.9 Å². The molecule has 2 aromatic rings. The normalized spacial score (nSPS) is 11.5. The van der Waals surface area contributed by atoms with E-state index in [2.05, 4.69) is 0 Å². The predicted octanol–water partition coefficient (Wildman–Crippen LogP) is 0.268. The van der Waals surface area contributed by atoms with Crippen LogP contribution in [-0.4, -0.2) is 6.98 Å². The fourth-order valence-corrected chi connectivity index (χ4v) is 2.30. The summed E-state index contributed by atoms with van der Waals surface area (Å²) in [5.74, 6) is 0. The van der Waals surface area contributed by atoms with E-state index >= 15 is 0 Å². The Labute approximate surface area is 132 Å². The molecule has 0 fully saturated rings. The van der Waals surface area contributed by atoms with Crippen molar-refractivity contribution in [3.63, 3.8) is 0 Å². The van der Waals surface area contributed by atoms with Crippen LogP contribution < -0.4 is 56.8 Å². The first-order valence-corrected chi connectivity index (χ1v) is 5.04. The van der Waals surface area contributed by atoms with Crippen LogP contribution in [0.25, 0.3) is 10.1 Å². The van der Waals surface area contributed by atoms with Crippen molar-refractivity contribution in [3.8, 4) is 0 Å². The molecule has 0 spiro atoms. The third-order valence-corrected chi connectivity index (χ3v) is 3.25. The van der Waals surface area contributed by atoms with Crippen LogP contribution in [-0.2, 0) is 0 Å². The minimum atomic E-state index is -4.88. The van der Waals surface area contributed by atoms with Gasteiger partial charge in [0, 0.05) is 4.70 Å². The summed E-state index contributed by atoms with van der Waals surface area (Å²) in [6.45, 7) is -3.05. The largest absolute Gasteiger partial charge is 1.00 e. The average Bonchev–Trinajstić information content (AvgIpc) is 2.46. The van der Waals surface area contributed by atoms with Crippen molar-refractivity contribution in [2.75, 3.05) is 0 Å². The first kappa shape index (κ1) is 13.7. The van der Waals surface area contributed by atoms with Crippen LogP contribution in [0.15, 0.2) is 23.6 Å². The molecular formula is C9H7BF3KS. The quantitative estimate of drug-likeness (QED) is 0.641. The Morgan fingerprint density at radius 2 is 1.87 bits per heavy atom. The molecule has 6 heteroatoms. The maximum absolute atomic E-state index is 12.4. The van der Waals surface area contributed by atoms with E-state index in [1.54, 1.807) is 0 Å². The smallest absolute Gasteiger partial charge is 0.445 e. The summed E-state index contributed by atoms with van der Waals surface area (Å²) in [4.78, 5) is 0. The summed E-state index contributed by atoms with van der Waals surface area (Å²) in [5.41, 5.74) is 0.394. The molecule has 15 heavy (non-hydrogen) atoms. The Morgan fingerprint density at radius 3 is 2.47 bits per heavy atom. The summed E-state index contributed by atoms with van der Waals surface area (Å²) in [5, 5.41) is 2.59. The third-order valence-electron chi connectivity index (χ3n) is 2.17. The van der Waals surface area contributed by atoms with Gasteiger partial charge in [-0.3, -0.25) is 0 Å². The maximum atomic E-state index is 12.4. The van der Waals surface area contributed by atoms with Gasteiger partial charge in [-0.2, -0.15) is 0 Å². The Hall–Kier alpha value is 0.671. The Kier molecular flexibility index (Phi) is 4.48. The number of fused-ring (bicyclic) bond motifs is 1. The van der Waals surface area contributed by atoms with Gasteiger partial charge in [0.2, 0.25) is 0 Å². The number of hydrogen-bond donors (Lipinski definition) is 0. The number of halogens is 3. The molecule has 0 saturated carbocycles. The Balaban J connectivity index is 0.00000112. The fraction of sp³-hybridized carbons (Fsp3) is 0.111. The third kappa shape index (κ3) is 2.87. The van der Waals surface area contributed by atoms with E-state index in [0.29, 0.717) is 5.39 Å². The van der Waals surface area contributed by atoms with Gasteiger partial charge in [0.1, 0.15) is 0 Å². The molecule has 1 aromatic heterocycles. The summed E-state index contributed by atoms with van der Waals surface area (Å²) < 4.78 is 38.2. The van der Waals surface area contributed by atoms with E-state index in [9.17, 15) is 12.9 Å². The first-order valence-electron chi connectivity index (χ1n) is 4.16. The first-order chi connectivity index (χ1) is 6.48. The van der Waals surface area contributed by atoms with Crippen molar-refractivity contribution < 1.29 is 64.3 Å². The van der Waals surface area contributed by atoms with Crippen LogP contribution >= 0.6 is 11.3 Å². The van der Waals surface area contributed by atoms with Crippen LogP contribution in [0.2, 0.25) is 0 Å². The molecule has 0 bridgehead atoms. The van der Waals surface area contributed by atoms with E-state index in [0.717, 1.165) is 16.3 Å². The molecule has 0 saturated heterocycles. The Morgan fingerprint density at radius 1 is 1.20 bits per heavy atom. The molecule has 0 N–H and O–H groups in total. The van der Waals surface area contributed by atoms with Crippen molar-refractivity contribution >= 4 is 33.9 Å². The van der Waals surface area contributed by atoms with E-state index in [4.69, 9.17) is 0 Å². The number of rotatable bonds is 1. The average molecular weight is 254 g/mol. The van der Waals surface area contributed by atoms with E-state index in [1.807, 2.05) is 12.3 Å². The minimum absolute atomic E-state index is 0. The maximum Gasteiger partial charge on any atom is 1.00 e. The molecule has 0 aliphatic rings. The SMILES string of the molecule is Cc1csc2ccc([B-](F)(F)F)cc12.[K+]. The molecule has 0 unspecified atom stereocenters. The van der Waals surface area contributed by atoms with Crippen LogP contribution in [0.4, 0.5) is 12.9 Å². The second-order valence-electron chi connectivity index (χ2n) is 3.25. The van der Waals surface area contributed by atoms with Gasteiger partial charge >= 0.3 is 58.4 Å². The predicted molar refractivity (Wildman–Crippen MR) is 55.3 cm³/mol. The van der Waals surface area contributed by atoms with Gasteiger partial charge in [0.05, 0.1) is 0 Å². The number of benzene rings is 1. The molecule has 74 valence electrons. The number of aryl methyl sites for hydroxylation is 1. The van der Waals surface area contributed by atoms with Crippen molar-refractivity contribution in [2.24, 2.45) is 0 Å². The fourth-order valence-electron chi connectivity index (χ4n) is 1.38. The topological polar surface area (TPSA) is 0 Å². The van der Waals surface area contributed by atoms with E-state index < -0.39 is 12.4 Å². The molecular weight excluding hydrogens is 247 g/mol. The van der Waals surface area contributed by atoms with Gasteiger partial charge in [-0.15, -0.1) is 16.8 Å². The van der Waals surface area contributed by atoms with Crippen molar-refractivity contribution in [1.82, 2.24) is 0 Å². The van der Waals surface area contributed by atoms with Crippen LogP contribution in [0.5, 0.6) is 0 Å². The van der Waals surface area contributed by atoms with E-state index in [1.165, 1.54) is 23.5 Å². The zero-order valence-corrected chi connectivity index (χ0v) is 12.4. The molecule has 0 nitrogen and oxygen atoms in total. The van der Waals surface area contributed by atoms with Crippen molar-refractivity contribution in [2.45, 2.75) is 6.92 Å². The summed E-state index contributed by atoms with van der Waals surface area (Å²) in [6.07, 6.45) is 0. The number of hydrogen-bond acceptors (Lipinski definition) is 1. The summed E-state index contributed by atoms with van der Waals surface area (Å²) in [6, 6.07) is 3.93. The van der Waals surface area contributed by atoms with Gasteiger partial charge in [-0.05, 0) is 29.3 Å². The van der Waals surface area contributed by atoms with Gasteiger partial charge in [-0.25, -0.2) is 0 Å². The molecule has 0 aliphatic heterocycles. The number of thiophene rings is 1. The molecule has 0 radical (unpaired) electrons. The molecule has 1 aromatic carbocycles. The van der Waals surface area contributed by atoms with Gasteiger partial charge in [0.25, 0.3) is 0 Å².